The Morgan fingerprint density at radius 2 is 1.79 bits per heavy atom. The summed E-state index contributed by atoms with van der Waals surface area (Å²) in [4.78, 5) is 29.0. The number of rotatable bonds is 14. The van der Waals surface area contributed by atoms with E-state index in [1.165, 1.54) is 19.4 Å². The molecule has 0 spiro atoms. The fourth-order valence-corrected chi connectivity index (χ4v) is 5.20. The van der Waals surface area contributed by atoms with E-state index in [2.05, 4.69) is 35.4 Å². The van der Waals surface area contributed by atoms with Crippen molar-refractivity contribution < 1.29 is 24.2 Å². The van der Waals surface area contributed by atoms with Crippen LogP contribution in [0.5, 0.6) is 5.75 Å². The normalized spacial score (nSPS) is 11.6. The first-order valence-corrected chi connectivity index (χ1v) is 14.5. The number of methoxy groups -OCH3 is 1. The van der Waals surface area contributed by atoms with Crippen LogP contribution in [-0.2, 0) is 22.7 Å². The van der Waals surface area contributed by atoms with Gasteiger partial charge >= 0.3 is 11.9 Å². The number of nitrogens with two attached hydrogens (primary N) is 1. The number of aromatic carboxylic acids is 1. The number of esters is 1. The molecular formula is C34H36ClN3O5. The second-order valence-electron chi connectivity index (χ2n) is 10.1. The lowest BCUT2D eigenvalue weighted by molar-refractivity contribution is -0.143. The molecule has 0 fully saturated rings. The van der Waals surface area contributed by atoms with Gasteiger partial charge in [-0.15, -0.1) is 0 Å². The third kappa shape index (κ3) is 7.99. The standard InChI is InChI=1S/C34H36ClN3O5/c1-22-24(12-8-13-26(22)23-10-4-3-5-11-23)21-43-31-19-28(32-27(33(39)40)14-9-17-37-32)25(18-29(31)35)20-38-30(34(41)42-2)15-6-7-16-36/h3-5,8-14,17-19,30,38H,6-7,15-16,20-21,36H2,1-2H3,(H,39,40). The van der Waals surface area contributed by atoms with E-state index >= 15 is 0 Å². The van der Waals surface area contributed by atoms with Crippen LogP contribution in [0.1, 0.15) is 46.3 Å². The number of halogens is 1. The molecular weight excluding hydrogens is 566 g/mol. The average Bonchev–Trinajstić information content (AvgIpc) is 3.02. The van der Waals surface area contributed by atoms with Crippen LogP contribution in [-0.4, -0.2) is 41.7 Å². The molecule has 1 atom stereocenters. The van der Waals surface area contributed by atoms with E-state index in [0.29, 0.717) is 34.9 Å². The SMILES string of the molecule is COC(=O)C(CCCCN)NCc1cc(Cl)c(OCc2cccc(-c3ccccc3)c2C)cc1-c1ncccc1C(=O)O. The van der Waals surface area contributed by atoms with E-state index in [1.807, 2.05) is 30.3 Å². The van der Waals surface area contributed by atoms with E-state index in [9.17, 15) is 14.7 Å². The van der Waals surface area contributed by atoms with Crippen molar-refractivity contribution in [3.63, 3.8) is 0 Å². The maximum Gasteiger partial charge on any atom is 0.337 e. The highest BCUT2D eigenvalue weighted by molar-refractivity contribution is 6.32. The minimum Gasteiger partial charge on any atom is -0.487 e. The predicted molar refractivity (Wildman–Crippen MR) is 168 cm³/mol. The Morgan fingerprint density at radius 1 is 1.00 bits per heavy atom. The highest BCUT2D eigenvalue weighted by Crippen LogP contribution is 2.36. The zero-order valence-electron chi connectivity index (χ0n) is 24.3. The van der Waals surface area contributed by atoms with Crippen LogP contribution in [0.4, 0.5) is 0 Å². The summed E-state index contributed by atoms with van der Waals surface area (Å²) in [5.74, 6) is -1.11. The zero-order valence-corrected chi connectivity index (χ0v) is 25.1. The lowest BCUT2D eigenvalue weighted by Gasteiger charge is -2.20. The summed E-state index contributed by atoms with van der Waals surface area (Å²) >= 11 is 6.74. The van der Waals surface area contributed by atoms with Crippen LogP contribution in [0.15, 0.2) is 79.0 Å². The molecule has 1 unspecified atom stereocenters. The number of carbonyl (C=O) groups is 2. The molecule has 0 aliphatic heterocycles. The van der Waals surface area contributed by atoms with Crippen molar-refractivity contribution in [3.05, 3.63) is 106 Å². The van der Waals surface area contributed by atoms with Crippen molar-refractivity contribution in [3.8, 4) is 28.1 Å². The van der Waals surface area contributed by atoms with Crippen molar-refractivity contribution >= 4 is 23.5 Å². The molecule has 1 heterocycles. The van der Waals surface area contributed by atoms with Crippen LogP contribution >= 0.6 is 11.6 Å². The number of aromatic nitrogens is 1. The molecule has 9 heteroatoms. The first kappa shape index (κ1) is 31.7. The van der Waals surface area contributed by atoms with Crippen molar-refractivity contribution in [1.29, 1.82) is 0 Å². The van der Waals surface area contributed by atoms with E-state index in [-0.39, 0.29) is 30.4 Å². The van der Waals surface area contributed by atoms with Crippen molar-refractivity contribution in [2.75, 3.05) is 13.7 Å². The van der Waals surface area contributed by atoms with Crippen LogP contribution in [0, 0.1) is 6.92 Å². The Bertz CT molecular complexity index is 1560. The molecule has 4 N–H and O–H groups in total. The van der Waals surface area contributed by atoms with Crippen LogP contribution in [0.25, 0.3) is 22.4 Å². The number of nitrogens with zero attached hydrogens (tertiary/aromatic N) is 1. The lowest BCUT2D eigenvalue weighted by Crippen LogP contribution is -2.37. The number of carboxylic acid groups (broad SMARTS) is 1. The molecule has 4 aromatic rings. The number of carboxylic acids is 1. The van der Waals surface area contributed by atoms with Gasteiger partial charge in [0.1, 0.15) is 18.4 Å². The molecule has 1 aromatic heterocycles. The Hall–Kier alpha value is -4.24. The van der Waals surface area contributed by atoms with Gasteiger partial charge in [-0.25, -0.2) is 4.79 Å². The van der Waals surface area contributed by atoms with Gasteiger partial charge in [-0.3, -0.25) is 9.78 Å². The molecule has 4 rings (SSSR count). The van der Waals surface area contributed by atoms with E-state index in [1.54, 1.807) is 18.2 Å². The van der Waals surface area contributed by atoms with Crippen LogP contribution in [0.3, 0.4) is 0 Å². The molecule has 8 nitrogen and oxygen atoms in total. The molecule has 0 aliphatic rings. The van der Waals surface area contributed by atoms with Crippen LogP contribution in [0.2, 0.25) is 5.02 Å². The summed E-state index contributed by atoms with van der Waals surface area (Å²) in [6.07, 6.45) is 3.61. The molecule has 0 amide bonds. The molecule has 43 heavy (non-hydrogen) atoms. The third-order valence-corrected chi connectivity index (χ3v) is 7.63. The van der Waals surface area contributed by atoms with Gasteiger partial charge in [-0.05, 0) is 78.4 Å². The van der Waals surface area contributed by atoms with E-state index in [4.69, 9.17) is 26.8 Å². The number of nitrogens with one attached hydrogen (secondary N) is 1. The Morgan fingerprint density at radius 3 is 2.51 bits per heavy atom. The maximum absolute atomic E-state index is 12.5. The molecule has 3 aromatic carbocycles. The molecule has 0 aliphatic carbocycles. The minimum atomic E-state index is -1.11. The molecule has 0 radical (unpaired) electrons. The van der Waals surface area contributed by atoms with Gasteiger partial charge in [0.2, 0.25) is 0 Å². The van der Waals surface area contributed by atoms with Gasteiger partial charge in [-0.2, -0.15) is 0 Å². The predicted octanol–water partition coefficient (Wildman–Crippen LogP) is 6.41. The van der Waals surface area contributed by atoms with Crippen molar-refractivity contribution in [2.45, 2.75) is 45.4 Å². The fraction of sp³-hybridized carbons (Fsp3) is 0.265. The van der Waals surface area contributed by atoms with Gasteiger partial charge in [-0.1, -0.05) is 66.6 Å². The maximum atomic E-state index is 12.5. The molecule has 0 saturated heterocycles. The van der Waals surface area contributed by atoms with Crippen molar-refractivity contribution in [1.82, 2.24) is 10.3 Å². The quantitative estimate of drug-likeness (QED) is 0.112. The number of hydrogen-bond donors (Lipinski definition) is 3. The number of benzene rings is 3. The molecule has 0 saturated carbocycles. The second kappa shape index (κ2) is 15.3. The second-order valence-corrected chi connectivity index (χ2v) is 10.5. The topological polar surface area (TPSA) is 124 Å². The Kier molecular flexibility index (Phi) is 11.3. The van der Waals surface area contributed by atoms with E-state index in [0.717, 1.165) is 35.1 Å². The third-order valence-electron chi connectivity index (χ3n) is 7.34. The highest BCUT2D eigenvalue weighted by atomic mass is 35.5. The van der Waals surface area contributed by atoms with Gasteiger partial charge in [0.25, 0.3) is 0 Å². The average molecular weight is 602 g/mol. The number of hydrogen-bond acceptors (Lipinski definition) is 7. The summed E-state index contributed by atoms with van der Waals surface area (Å²) in [7, 11) is 1.35. The smallest absolute Gasteiger partial charge is 0.337 e. The number of unbranched alkanes of at least 4 members (excludes halogenated alkanes) is 1. The number of carbonyl (C=O) groups excluding carboxylic acids is 1. The van der Waals surface area contributed by atoms with Crippen LogP contribution < -0.4 is 15.8 Å². The summed E-state index contributed by atoms with van der Waals surface area (Å²) in [5, 5.41) is 13.5. The van der Waals surface area contributed by atoms with Gasteiger partial charge in [0.05, 0.1) is 23.4 Å². The first-order chi connectivity index (χ1) is 20.8. The lowest BCUT2D eigenvalue weighted by atomic mass is 9.97. The summed E-state index contributed by atoms with van der Waals surface area (Å²) < 4.78 is 11.2. The zero-order chi connectivity index (χ0) is 30.8. The van der Waals surface area contributed by atoms with Gasteiger partial charge in [0.15, 0.2) is 0 Å². The largest absolute Gasteiger partial charge is 0.487 e. The highest BCUT2D eigenvalue weighted by Gasteiger charge is 2.22. The summed E-state index contributed by atoms with van der Waals surface area (Å²) in [6, 6.07) is 22.2. The molecule has 0 bridgehead atoms. The number of ether oxygens (including phenoxy) is 2. The van der Waals surface area contributed by atoms with E-state index < -0.39 is 12.0 Å². The Balaban J connectivity index is 1.67. The number of pyridine rings is 1. The monoisotopic (exact) mass is 601 g/mol. The summed E-state index contributed by atoms with van der Waals surface area (Å²) in [6.45, 7) is 3.05. The first-order valence-electron chi connectivity index (χ1n) is 14.1. The van der Waals surface area contributed by atoms with Crippen molar-refractivity contribution in [2.24, 2.45) is 5.73 Å². The fourth-order valence-electron chi connectivity index (χ4n) is 4.96. The Labute approximate surface area is 256 Å². The summed E-state index contributed by atoms with van der Waals surface area (Å²) in [5.41, 5.74) is 11.4. The molecule has 224 valence electrons. The van der Waals surface area contributed by atoms with Gasteiger partial charge in [0, 0.05) is 18.3 Å². The van der Waals surface area contributed by atoms with Gasteiger partial charge < -0.3 is 25.6 Å². The minimum absolute atomic E-state index is 0.0379.